The van der Waals surface area contributed by atoms with Crippen molar-refractivity contribution in [2.24, 2.45) is 4.99 Å². The van der Waals surface area contributed by atoms with Crippen molar-refractivity contribution in [2.75, 3.05) is 6.54 Å². The second kappa shape index (κ2) is 10.0. The molecule has 6 nitrogen and oxygen atoms in total. The lowest BCUT2D eigenvalue weighted by Gasteiger charge is -2.31. The molecule has 6 rings (SSSR count). The number of aryl methyl sites for hydroxylation is 1. The Bertz CT molecular complexity index is 1510. The maximum atomic E-state index is 6.67. The van der Waals surface area contributed by atoms with Crippen LogP contribution in [-0.2, 0) is 25.9 Å². The number of benzene rings is 2. The number of thiocarbonyl (C=S) groups is 1. The van der Waals surface area contributed by atoms with Crippen LogP contribution < -0.4 is 5.32 Å². The van der Waals surface area contributed by atoms with Crippen molar-refractivity contribution in [2.45, 2.75) is 45.8 Å². The normalized spacial score (nSPS) is 15.2. The predicted molar refractivity (Wildman–Crippen MR) is 154 cm³/mol. The van der Waals surface area contributed by atoms with Gasteiger partial charge in [0.15, 0.2) is 10.9 Å². The van der Waals surface area contributed by atoms with E-state index in [0.29, 0.717) is 11.6 Å². The van der Waals surface area contributed by atoms with Crippen LogP contribution in [0.3, 0.4) is 0 Å². The zero-order chi connectivity index (χ0) is 25.5. The molecule has 1 atom stereocenters. The minimum atomic E-state index is 0.248. The maximum Gasteiger partial charge on any atom is 0.169 e. The van der Waals surface area contributed by atoms with E-state index < -0.39 is 0 Å². The van der Waals surface area contributed by atoms with Gasteiger partial charge in [-0.1, -0.05) is 60.1 Å². The molecule has 1 N–H and O–H groups in total. The molecule has 4 aromatic rings. The van der Waals surface area contributed by atoms with Crippen LogP contribution in [0.2, 0.25) is 5.02 Å². The van der Waals surface area contributed by atoms with Gasteiger partial charge >= 0.3 is 0 Å². The zero-order valence-electron chi connectivity index (χ0n) is 20.7. The van der Waals surface area contributed by atoms with Crippen LogP contribution in [0.25, 0.3) is 5.00 Å². The fraction of sp³-hybridized carbons (Fsp3) is 0.286. The highest BCUT2D eigenvalue weighted by molar-refractivity contribution is 7.80. The Hall–Kier alpha value is -3.07. The number of hydrogen-bond donors (Lipinski definition) is 1. The molecule has 9 heteroatoms. The van der Waals surface area contributed by atoms with E-state index >= 15 is 0 Å². The van der Waals surface area contributed by atoms with Crippen LogP contribution in [-0.4, -0.2) is 43.1 Å². The maximum absolute atomic E-state index is 6.67. The van der Waals surface area contributed by atoms with Gasteiger partial charge in [-0.2, -0.15) is 0 Å². The van der Waals surface area contributed by atoms with E-state index in [2.05, 4.69) is 62.2 Å². The summed E-state index contributed by atoms with van der Waals surface area (Å²) in [6.45, 7) is 6.27. The summed E-state index contributed by atoms with van der Waals surface area (Å²) in [5.74, 6) is 1.72. The molecule has 1 unspecified atom stereocenters. The van der Waals surface area contributed by atoms with Crippen molar-refractivity contribution in [3.05, 3.63) is 98.4 Å². The summed E-state index contributed by atoms with van der Waals surface area (Å²) < 4.78 is 2.16. The number of aliphatic imine (C=N–C) groups is 1. The van der Waals surface area contributed by atoms with Crippen LogP contribution in [0, 0.1) is 6.92 Å². The first kappa shape index (κ1) is 24.3. The number of nitrogens with zero attached hydrogens (tertiary/aromatic N) is 5. The number of thiophene rings is 1. The molecule has 2 aromatic heterocycles. The Kier molecular flexibility index (Phi) is 6.56. The van der Waals surface area contributed by atoms with Gasteiger partial charge in [0.1, 0.15) is 17.4 Å². The predicted octanol–water partition coefficient (Wildman–Crippen LogP) is 5.51. The van der Waals surface area contributed by atoms with Gasteiger partial charge in [-0.3, -0.25) is 9.56 Å². The van der Waals surface area contributed by atoms with Gasteiger partial charge in [0, 0.05) is 33.6 Å². The summed E-state index contributed by atoms with van der Waals surface area (Å²) >= 11 is 14.3. The van der Waals surface area contributed by atoms with Gasteiger partial charge in [-0.25, -0.2) is 0 Å². The van der Waals surface area contributed by atoms with E-state index in [1.54, 1.807) is 11.3 Å². The molecule has 0 aliphatic carbocycles. The summed E-state index contributed by atoms with van der Waals surface area (Å²) in [4.78, 5) is 8.61. The first-order valence-corrected chi connectivity index (χ1v) is 14.0. The number of aromatic nitrogens is 3. The monoisotopic (exact) mass is 546 g/mol. The molecular weight excluding hydrogens is 520 g/mol. The average Bonchev–Trinajstić information content (AvgIpc) is 3.40. The van der Waals surface area contributed by atoms with Gasteiger partial charge in [0.05, 0.1) is 12.3 Å². The fourth-order valence-corrected chi connectivity index (χ4v) is 7.17. The highest BCUT2D eigenvalue weighted by atomic mass is 35.5. The van der Waals surface area contributed by atoms with Gasteiger partial charge in [-0.15, -0.1) is 21.5 Å². The van der Waals surface area contributed by atoms with Crippen LogP contribution in [0.15, 0.2) is 59.6 Å². The molecule has 0 bridgehead atoms. The highest BCUT2D eigenvalue weighted by Crippen LogP contribution is 2.40. The van der Waals surface area contributed by atoms with Crippen molar-refractivity contribution < 1.29 is 0 Å². The van der Waals surface area contributed by atoms with Crippen molar-refractivity contribution in [1.29, 1.82) is 0 Å². The Balaban J connectivity index is 1.31. The van der Waals surface area contributed by atoms with Gasteiger partial charge < -0.3 is 10.2 Å². The molecule has 37 heavy (non-hydrogen) atoms. The molecule has 4 heterocycles. The number of fused-ring (bicyclic) bond motifs is 5. The van der Waals surface area contributed by atoms with Gasteiger partial charge in [-0.05, 0) is 56.1 Å². The minimum Gasteiger partial charge on any atom is -0.360 e. The Labute approximate surface area is 231 Å². The smallest absolute Gasteiger partial charge is 0.169 e. The van der Waals surface area contributed by atoms with E-state index in [1.165, 1.54) is 16.0 Å². The molecule has 0 radical (unpaired) electrons. The standard InChI is InChI=1S/C28H27ClN6S2/c1-17(14-19-8-4-3-5-9-19)31-28(36)34-13-12-21-23(16-34)37-27-25(21)26(20-10-6-7-11-22(20)29)30-15-24-33-32-18(2)35(24)27/h3-11,17H,12-16H2,1-2H3,(H,31,36). The lowest BCUT2D eigenvalue weighted by molar-refractivity contribution is 0.386. The average molecular weight is 547 g/mol. The molecule has 2 aliphatic rings. The summed E-state index contributed by atoms with van der Waals surface area (Å²) in [6, 6.07) is 18.7. The third kappa shape index (κ3) is 4.58. The Morgan fingerprint density at radius 1 is 1.14 bits per heavy atom. The molecule has 0 amide bonds. The first-order chi connectivity index (χ1) is 18.0. The SMILES string of the molecule is Cc1nnc2n1-c1sc3c(c1C(c1ccccc1Cl)=NC2)CCN(C(=S)NC(C)Cc1ccccc1)C3. The summed E-state index contributed by atoms with van der Waals surface area (Å²) in [6.07, 6.45) is 1.82. The lowest BCUT2D eigenvalue weighted by atomic mass is 9.95. The second-order valence-corrected chi connectivity index (χ2v) is 11.4. The van der Waals surface area contributed by atoms with Crippen LogP contribution in [0.5, 0.6) is 0 Å². The van der Waals surface area contributed by atoms with E-state index in [4.69, 9.17) is 28.8 Å². The second-order valence-electron chi connectivity index (χ2n) is 9.54. The fourth-order valence-electron chi connectivity index (χ4n) is 5.16. The van der Waals surface area contributed by atoms with Crippen molar-refractivity contribution in [1.82, 2.24) is 25.0 Å². The van der Waals surface area contributed by atoms with E-state index in [0.717, 1.165) is 64.5 Å². The van der Waals surface area contributed by atoms with Crippen molar-refractivity contribution in [3.8, 4) is 5.00 Å². The third-order valence-electron chi connectivity index (χ3n) is 6.92. The first-order valence-electron chi connectivity index (χ1n) is 12.4. The van der Waals surface area contributed by atoms with Gasteiger partial charge in [0.2, 0.25) is 0 Å². The molecule has 188 valence electrons. The van der Waals surface area contributed by atoms with Crippen molar-refractivity contribution in [3.63, 3.8) is 0 Å². The zero-order valence-corrected chi connectivity index (χ0v) is 23.1. The summed E-state index contributed by atoms with van der Waals surface area (Å²) in [5, 5.41) is 15.0. The Morgan fingerprint density at radius 3 is 2.73 bits per heavy atom. The quantitative estimate of drug-likeness (QED) is 0.342. The summed E-state index contributed by atoms with van der Waals surface area (Å²) in [7, 11) is 0. The minimum absolute atomic E-state index is 0.248. The Morgan fingerprint density at radius 2 is 1.92 bits per heavy atom. The lowest BCUT2D eigenvalue weighted by Crippen LogP contribution is -2.46. The van der Waals surface area contributed by atoms with Crippen molar-refractivity contribution >= 4 is 46.0 Å². The van der Waals surface area contributed by atoms with E-state index in [9.17, 15) is 0 Å². The number of halogens is 1. The molecular formula is C28H27ClN6S2. The number of nitrogens with one attached hydrogen (secondary N) is 1. The highest BCUT2D eigenvalue weighted by Gasteiger charge is 2.32. The largest absolute Gasteiger partial charge is 0.360 e. The van der Waals surface area contributed by atoms with Crippen LogP contribution in [0.1, 0.15) is 45.7 Å². The van der Waals surface area contributed by atoms with Gasteiger partial charge in [0.25, 0.3) is 0 Å². The molecule has 2 aromatic carbocycles. The molecule has 2 aliphatic heterocycles. The molecule has 0 saturated heterocycles. The van der Waals surface area contributed by atoms with Crippen LogP contribution >= 0.6 is 35.2 Å². The molecule has 0 spiro atoms. The topological polar surface area (TPSA) is 58.3 Å². The summed E-state index contributed by atoms with van der Waals surface area (Å²) in [5.41, 5.74) is 5.69. The third-order valence-corrected chi connectivity index (χ3v) is 8.83. The number of rotatable bonds is 4. The molecule has 0 fully saturated rings. The molecule has 0 saturated carbocycles. The van der Waals surface area contributed by atoms with E-state index in [-0.39, 0.29) is 6.04 Å². The number of hydrogen-bond acceptors (Lipinski definition) is 5. The van der Waals surface area contributed by atoms with Crippen LogP contribution in [0.4, 0.5) is 0 Å². The van der Waals surface area contributed by atoms with E-state index in [1.807, 2.05) is 31.2 Å².